The number of piperidine rings is 2. The van der Waals surface area contributed by atoms with E-state index in [-0.39, 0.29) is 11.8 Å². The van der Waals surface area contributed by atoms with Gasteiger partial charge in [0.1, 0.15) is 0 Å². The van der Waals surface area contributed by atoms with Crippen molar-refractivity contribution >= 4 is 11.8 Å². The van der Waals surface area contributed by atoms with Crippen molar-refractivity contribution in [1.29, 1.82) is 0 Å². The van der Waals surface area contributed by atoms with Crippen LogP contribution in [-0.4, -0.2) is 47.8 Å². The molecule has 4 nitrogen and oxygen atoms in total. The van der Waals surface area contributed by atoms with Gasteiger partial charge in [0.2, 0.25) is 11.8 Å². The Hall–Kier alpha value is -1.06. The fourth-order valence-electron chi connectivity index (χ4n) is 2.93. The molecule has 18 heavy (non-hydrogen) atoms. The van der Waals surface area contributed by atoms with Crippen LogP contribution < -0.4 is 0 Å². The smallest absolute Gasteiger partial charge is 0.225 e. The second-order valence-electron chi connectivity index (χ2n) is 5.79. The van der Waals surface area contributed by atoms with Crippen LogP contribution in [0.4, 0.5) is 0 Å². The van der Waals surface area contributed by atoms with Gasteiger partial charge in [-0.15, -0.1) is 0 Å². The summed E-state index contributed by atoms with van der Waals surface area (Å²) in [6.45, 7) is 7.20. The number of likely N-dealkylation sites (tertiary alicyclic amines) is 2. The molecule has 0 aliphatic carbocycles. The molecule has 102 valence electrons. The van der Waals surface area contributed by atoms with E-state index in [1.165, 1.54) is 0 Å². The standard InChI is InChI=1S/C14H24N2O2/c1-11-3-7-16(8-4-11)14(18)13-5-9-15(10-6-13)12(2)17/h11,13H,3-10H2,1-2H3. The third kappa shape index (κ3) is 3.03. The van der Waals surface area contributed by atoms with Crippen LogP contribution in [0.1, 0.15) is 39.5 Å². The summed E-state index contributed by atoms with van der Waals surface area (Å²) in [5, 5.41) is 0. The van der Waals surface area contributed by atoms with Crippen molar-refractivity contribution in [3.05, 3.63) is 0 Å². The first-order valence-electron chi connectivity index (χ1n) is 7.12. The van der Waals surface area contributed by atoms with Crippen LogP contribution in [0.2, 0.25) is 0 Å². The van der Waals surface area contributed by atoms with Crippen molar-refractivity contribution in [3.63, 3.8) is 0 Å². The molecule has 0 atom stereocenters. The van der Waals surface area contributed by atoms with E-state index < -0.39 is 0 Å². The highest BCUT2D eigenvalue weighted by Gasteiger charge is 2.30. The van der Waals surface area contributed by atoms with Gasteiger partial charge in [0, 0.05) is 39.0 Å². The summed E-state index contributed by atoms with van der Waals surface area (Å²) in [7, 11) is 0. The van der Waals surface area contributed by atoms with Crippen LogP contribution in [0.3, 0.4) is 0 Å². The summed E-state index contributed by atoms with van der Waals surface area (Å²) in [6, 6.07) is 0. The second kappa shape index (κ2) is 5.72. The van der Waals surface area contributed by atoms with Gasteiger partial charge in [-0.2, -0.15) is 0 Å². The molecule has 0 saturated carbocycles. The minimum atomic E-state index is 0.132. The van der Waals surface area contributed by atoms with Crippen molar-refractivity contribution < 1.29 is 9.59 Å². The number of carbonyl (C=O) groups excluding carboxylic acids is 2. The monoisotopic (exact) mass is 252 g/mol. The van der Waals surface area contributed by atoms with E-state index in [0.29, 0.717) is 5.91 Å². The Morgan fingerprint density at radius 3 is 1.89 bits per heavy atom. The summed E-state index contributed by atoms with van der Waals surface area (Å²) in [5.74, 6) is 1.36. The van der Waals surface area contributed by atoms with Gasteiger partial charge < -0.3 is 9.80 Å². The van der Waals surface area contributed by atoms with Crippen molar-refractivity contribution in [2.24, 2.45) is 11.8 Å². The summed E-state index contributed by atoms with van der Waals surface area (Å²) >= 11 is 0. The molecule has 2 rings (SSSR count). The van der Waals surface area contributed by atoms with Gasteiger partial charge in [-0.3, -0.25) is 9.59 Å². The molecule has 4 heteroatoms. The summed E-state index contributed by atoms with van der Waals surface area (Å²) < 4.78 is 0. The molecule has 0 N–H and O–H groups in total. The largest absolute Gasteiger partial charge is 0.343 e. The Morgan fingerprint density at radius 1 is 0.889 bits per heavy atom. The SMILES string of the molecule is CC(=O)N1CCC(C(=O)N2CCC(C)CC2)CC1. The fraction of sp³-hybridized carbons (Fsp3) is 0.857. The Kier molecular flexibility index (Phi) is 4.25. The minimum Gasteiger partial charge on any atom is -0.343 e. The molecule has 0 radical (unpaired) electrons. The number of nitrogens with zero attached hydrogens (tertiary/aromatic N) is 2. The van der Waals surface area contributed by atoms with Gasteiger partial charge >= 0.3 is 0 Å². The third-order valence-corrected chi connectivity index (χ3v) is 4.38. The molecule has 0 spiro atoms. The lowest BCUT2D eigenvalue weighted by molar-refractivity contribution is -0.141. The predicted octanol–water partition coefficient (Wildman–Crippen LogP) is 1.50. The Morgan fingerprint density at radius 2 is 1.39 bits per heavy atom. The Balaban J connectivity index is 1.82. The van der Waals surface area contributed by atoms with E-state index in [9.17, 15) is 9.59 Å². The van der Waals surface area contributed by atoms with Crippen molar-refractivity contribution in [1.82, 2.24) is 9.80 Å². The first kappa shape index (κ1) is 13.4. The molecule has 0 aromatic carbocycles. The van der Waals surface area contributed by atoms with Gasteiger partial charge in [-0.25, -0.2) is 0 Å². The average molecular weight is 252 g/mol. The van der Waals surface area contributed by atoms with E-state index in [2.05, 4.69) is 6.92 Å². The van der Waals surface area contributed by atoms with Crippen LogP contribution >= 0.6 is 0 Å². The number of hydrogen-bond acceptors (Lipinski definition) is 2. The van der Waals surface area contributed by atoms with Gasteiger partial charge in [0.05, 0.1) is 0 Å². The van der Waals surface area contributed by atoms with Crippen LogP contribution in [0.15, 0.2) is 0 Å². The molecule has 2 saturated heterocycles. The molecule has 2 fully saturated rings. The maximum atomic E-state index is 12.4. The lowest BCUT2D eigenvalue weighted by atomic mass is 9.93. The zero-order valence-corrected chi connectivity index (χ0v) is 11.5. The van der Waals surface area contributed by atoms with Crippen molar-refractivity contribution in [2.75, 3.05) is 26.2 Å². The number of hydrogen-bond donors (Lipinski definition) is 0. The lowest BCUT2D eigenvalue weighted by Gasteiger charge is -2.36. The van der Waals surface area contributed by atoms with Crippen molar-refractivity contribution in [3.8, 4) is 0 Å². The quantitative estimate of drug-likeness (QED) is 0.709. The van der Waals surface area contributed by atoms with Crippen molar-refractivity contribution in [2.45, 2.75) is 39.5 Å². The predicted molar refractivity (Wildman–Crippen MR) is 70.0 cm³/mol. The number of rotatable bonds is 1. The van der Waals surface area contributed by atoms with Gasteiger partial charge in [-0.05, 0) is 31.6 Å². The average Bonchev–Trinajstić information content (AvgIpc) is 2.39. The molecular weight excluding hydrogens is 228 g/mol. The highest BCUT2D eigenvalue weighted by atomic mass is 16.2. The molecule has 0 aromatic heterocycles. The highest BCUT2D eigenvalue weighted by molar-refractivity contribution is 5.79. The Bertz CT molecular complexity index is 314. The molecule has 0 bridgehead atoms. The van der Waals surface area contributed by atoms with Crippen LogP contribution in [0, 0.1) is 11.8 Å². The molecule has 0 aromatic rings. The highest BCUT2D eigenvalue weighted by Crippen LogP contribution is 2.23. The topological polar surface area (TPSA) is 40.6 Å². The zero-order valence-electron chi connectivity index (χ0n) is 11.5. The zero-order chi connectivity index (χ0) is 13.1. The first-order valence-corrected chi connectivity index (χ1v) is 7.12. The van der Waals surface area contributed by atoms with Crippen LogP contribution in [0.25, 0.3) is 0 Å². The molecule has 2 aliphatic rings. The molecule has 0 unspecified atom stereocenters. The first-order chi connectivity index (χ1) is 8.58. The Labute approximate surface area is 109 Å². The summed E-state index contributed by atoms with van der Waals surface area (Å²) in [6.07, 6.45) is 3.95. The van der Waals surface area contributed by atoms with Crippen LogP contribution in [-0.2, 0) is 9.59 Å². The fourth-order valence-corrected chi connectivity index (χ4v) is 2.93. The number of carbonyl (C=O) groups is 2. The van der Waals surface area contributed by atoms with E-state index in [1.807, 2.05) is 9.80 Å². The lowest BCUT2D eigenvalue weighted by Crippen LogP contribution is -2.46. The van der Waals surface area contributed by atoms with E-state index >= 15 is 0 Å². The second-order valence-corrected chi connectivity index (χ2v) is 5.79. The van der Waals surface area contributed by atoms with Gasteiger partial charge in [0.15, 0.2) is 0 Å². The van der Waals surface area contributed by atoms with E-state index in [4.69, 9.17) is 0 Å². The molecule has 2 heterocycles. The summed E-state index contributed by atoms with van der Waals surface area (Å²) in [5.41, 5.74) is 0. The van der Waals surface area contributed by atoms with Gasteiger partial charge in [0.25, 0.3) is 0 Å². The molecule has 2 amide bonds. The maximum absolute atomic E-state index is 12.4. The summed E-state index contributed by atoms with van der Waals surface area (Å²) in [4.78, 5) is 27.5. The molecular formula is C14H24N2O2. The molecule has 2 aliphatic heterocycles. The van der Waals surface area contributed by atoms with E-state index in [0.717, 1.165) is 57.8 Å². The maximum Gasteiger partial charge on any atom is 0.225 e. The van der Waals surface area contributed by atoms with Crippen LogP contribution in [0.5, 0.6) is 0 Å². The third-order valence-electron chi connectivity index (χ3n) is 4.38. The van der Waals surface area contributed by atoms with E-state index in [1.54, 1.807) is 6.92 Å². The minimum absolute atomic E-state index is 0.132. The number of amides is 2. The van der Waals surface area contributed by atoms with Gasteiger partial charge in [-0.1, -0.05) is 6.92 Å². The normalized spacial score (nSPS) is 23.2.